The average Bonchev–Trinajstić information content (AvgIpc) is 2.73. The van der Waals surface area contributed by atoms with Gasteiger partial charge in [-0.25, -0.2) is 4.98 Å². The molecule has 0 atom stereocenters. The third-order valence-corrected chi connectivity index (χ3v) is 2.94. The molecule has 2 heterocycles. The summed E-state index contributed by atoms with van der Waals surface area (Å²) in [5.41, 5.74) is 2.18. The van der Waals surface area contributed by atoms with Gasteiger partial charge < -0.3 is 4.42 Å². The van der Waals surface area contributed by atoms with Gasteiger partial charge in [0.1, 0.15) is 5.76 Å². The van der Waals surface area contributed by atoms with Crippen molar-refractivity contribution in [1.29, 1.82) is 0 Å². The van der Waals surface area contributed by atoms with E-state index in [1.54, 1.807) is 0 Å². The van der Waals surface area contributed by atoms with Crippen LogP contribution >= 0.6 is 0 Å². The van der Waals surface area contributed by atoms with Gasteiger partial charge in [-0.15, -0.1) is 0 Å². The van der Waals surface area contributed by atoms with Crippen LogP contribution in [0.5, 0.6) is 0 Å². The van der Waals surface area contributed by atoms with Crippen molar-refractivity contribution in [3.05, 3.63) is 41.8 Å². The molecule has 82 valence electrons. The Balaban J connectivity index is 1.99. The first kappa shape index (κ1) is 9.60. The van der Waals surface area contributed by atoms with Gasteiger partial charge in [-0.05, 0) is 19.2 Å². The molecule has 1 aromatic carbocycles. The maximum atomic E-state index is 5.81. The summed E-state index contributed by atoms with van der Waals surface area (Å²) in [5.74, 6) is 1.77. The summed E-state index contributed by atoms with van der Waals surface area (Å²) < 4.78 is 5.81. The molecule has 0 unspecified atom stereocenters. The molecule has 3 rings (SSSR count). The van der Waals surface area contributed by atoms with Crippen LogP contribution in [-0.2, 0) is 13.0 Å². The Kier molecular flexibility index (Phi) is 2.26. The van der Waals surface area contributed by atoms with Crippen LogP contribution < -0.4 is 0 Å². The molecule has 2 aromatic rings. The van der Waals surface area contributed by atoms with Crippen LogP contribution in [0, 0.1) is 0 Å². The lowest BCUT2D eigenvalue weighted by molar-refractivity contribution is 0.278. The highest BCUT2D eigenvalue weighted by Gasteiger charge is 2.20. The van der Waals surface area contributed by atoms with Crippen molar-refractivity contribution in [2.24, 2.45) is 0 Å². The van der Waals surface area contributed by atoms with Crippen LogP contribution in [0.25, 0.3) is 11.5 Å². The Bertz CT molecular complexity index is 490. The maximum Gasteiger partial charge on any atom is 0.226 e. The number of rotatable bonds is 1. The number of likely N-dealkylation sites (N-methyl/N-ethyl adjacent to an activating group) is 1. The van der Waals surface area contributed by atoms with Gasteiger partial charge in [0.25, 0.3) is 0 Å². The number of hydrogen-bond acceptors (Lipinski definition) is 3. The number of benzene rings is 1. The van der Waals surface area contributed by atoms with Gasteiger partial charge in [-0.3, -0.25) is 4.90 Å². The zero-order valence-electron chi connectivity index (χ0n) is 9.31. The van der Waals surface area contributed by atoms with Crippen LogP contribution in [0.2, 0.25) is 0 Å². The highest BCUT2D eigenvalue weighted by atomic mass is 16.4. The molecule has 1 aliphatic heterocycles. The molecule has 1 aromatic heterocycles. The van der Waals surface area contributed by atoms with Crippen LogP contribution in [0.1, 0.15) is 11.5 Å². The minimum absolute atomic E-state index is 0.751. The monoisotopic (exact) mass is 214 g/mol. The van der Waals surface area contributed by atoms with Gasteiger partial charge in [0.05, 0.1) is 12.2 Å². The van der Waals surface area contributed by atoms with Gasteiger partial charge >= 0.3 is 0 Å². The average molecular weight is 214 g/mol. The standard InChI is InChI=1S/C13H14N2O/c1-15-8-7-11-12(9-15)16-13(14-11)10-5-3-2-4-6-10/h2-6H,7-9H2,1H3. The Hall–Kier alpha value is -1.61. The van der Waals surface area contributed by atoms with E-state index in [-0.39, 0.29) is 0 Å². The smallest absolute Gasteiger partial charge is 0.226 e. The predicted molar refractivity (Wildman–Crippen MR) is 62.0 cm³/mol. The highest BCUT2D eigenvalue weighted by molar-refractivity contribution is 5.53. The summed E-state index contributed by atoms with van der Waals surface area (Å²) in [5, 5.41) is 0. The molecular weight excluding hydrogens is 200 g/mol. The van der Waals surface area contributed by atoms with E-state index in [2.05, 4.69) is 16.9 Å². The molecule has 1 aliphatic rings. The summed E-state index contributed by atoms with van der Waals surface area (Å²) in [6.45, 7) is 1.93. The van der Waals surface area contributed by atoms with Gasteiger partial charge in [-0.2, -0.15) is 0 Å². The largest absolute Gasteiger partial charge is 0.440 e. The van der Waals surface area contributed by atoms with Crippen LogP contribution in [-0.4, -0.2) is 23.5 Å². The van der Waals surface area contributed by atoms with Crippen molar-refractivity contribution >= 4 is 0 Å². The van der Waals surface area contributed by atoms with E-state index in [9.17, 15) is 0 Å². The van der Waals surface area contributed by atoms with Gasteiger partial charge in [-0.1, -0.05) is 18.2 Å². The first-order chi connectivity index (χ1) is 7.83. The number of aromatic nitrogens is 1. The van der Waals surface area contributed by atoms with E-state index in [1.165, 1.54) is 0 Å². The maximum absolute atomic E-state index is 5.81. The molecule has 0 amide bonds. The second kappa shape index (κ2) is 3.76. The number of oxazole rings is 1. The van der Waals surface area contributed by atoms with Crippen molar-refractivity contribution in [1.82, 2.24) is 9.88 Å². The van der Waals surface area contributed by atoms with E-state index in [4.69, 9.17) is 4.42 Å². The minimum Gasteiger partial charge on any atom is -0.440 e. The molecule has 0 fully saturated rings. The molecule has 16 heavy (non-hydrogen) atoms. The quantitative estimate of drug-likeness (QED) is 0.729. The lowest BCUT2D eigenvalue weighted by Gasteiger charge is -2.19. The molecule has 3 nitrogen and oxygen atoms in total. The van der Waals surface area contributed by atoms with E-state index in [1.807, 2.05) is 30.3 Å². The van der Waals surface area contributed by atoms with E-state index in [0.29, 0.717) is 0 Å². The van der Waals surface area contributed by atoms with E-state index >= 15 is 0 Å². The summed E-state index contributed by atoms with van der Waals surface area (Å²) in [4.78, 5) is 6.81. The summed E-state index contributed by atoms with van der Waals surface area (Å²) in [7, 11) is 2.10. The van der Waals surface area contributed by atoms with Crippen molar-refractivity contribution in [2.75, 3.05) is 13.6 Å². The fourth-order valence-electron chi connectivity index (χ4n) is 2.03. The molecule has 3 heteroatoms. The fourth-order valence-corrected chi connectivity index (χ4v) is 2.03. The Morgan fingerprint density at radius 2 is 2.06 bits per heavy atom. The fraction of sp³-hybridized carbons (Fsp3) is 0.308. The number of hydrogen-bond donors (Lipinski definition) is 0. The van der Waals surface area contributed by atoms with Crippen molar-refractivity contribution in [2.45, 2.75) is 13.0 Å². The lowest BCUT2D eigenvalue weighted by atomic mass is 10.2. The van der Waals surface area contributed by atoms with E-state index in [0.717, 1.165) is 42.4 Å². The van der Waals surface area contributed by atoms with Crippen molar-refractivity contribution in [3.63, 3.8) is 0 Å². The third kappa shape index (κ3) is 1.63. The Labute approximate surface area is 94.7 Å². The SMILES string of the molecule is CN1CCc2nc(-c3ccccc3)oc2C1. The summed E-state index contributed by atoms with van der Waals surface area (Å²) in [6.07, 6.45) is 0.988. The van der Waals surface area contributed by atoms with Crippen molar-refractivity contribution < 1.29 is 4.42 Å². The summed E-state index contributed by atoms with van der Waals surface area (Å²) >= 11 is 0. The molecule has 0 N–H and O–H groups in total. The first-order valence-corrected chi connectivity index (χ1v) is 5.55. The first-order valence-electron chi connectivity index (χ1n) is 5.55. The zero-order valence-corrected chi connectivity index (χ0v) is 9.31. The van der Waals surface area contributed by atoms with Gasteiger partial charge in [0.2, 0.25) is 5.89 Å². The molecule has 0 spiro atoms. The van der Waals surface area contributed by atoms with Crippen LogP contribution in [0.4, 0.5) is 0 Å². The second-order valence-electron chi connectivity index (χ2n) is 4.24. The zero-order chi connectivity index (χ0) is 11.0. The van der Waals surface area contributed by atoms with Gasteiger partial charge in [0.15, 0.2) is 0 Å². The molecule has 0 saturated carbocycles. The van der Waals surface area contributed by atoms with Crippen LogP contribution in [0.15, 0.2) is 34.7 Å². The normalized spacial score (nSPS) is 16.1. The van der Waals surface area contributed by atoms with Gasteiger partial charge in [0, 0.05) is 18.5 Å². The van der Waals surface area contributed by atoms with E-state index < -0.39 is 0 Å². The second-order valence-corrected chi connectivity index (χ2v) is 4.24. The summed E-state index contributed by atoms with van der Waals surface area (Å²) in [6, 6.07) is 10.1. The Morgan fingerprint density at radius 1 is 1.25 bits per heavy atom. The number of fused-ring (bicyclic) bond motifs is 1. The van der Waals surface area contributed by atoms with Crippen molar-refractivity contribution in [3.8, 4) is 11.5 Å². The Morgan fingerprint density at radius 3 is 2.88 bits per heavy atom. The number of nitrogens with zero attached hydrogens (tertiary/aromatic N) is 2. The highest BCUT2D eigenvalue weighted by Crippen LogP contribution is 2.25. The third-order valence-electron chi connectivity index (χ3n) is 2.94. The lowest BCUT2D eigenvalue weighted by Crippen LogP contribution is -2.25. The molecular formula is C13H14N2O. The molecule has 0 bridgehead atoms. The topological polar surface area (TPSA) is 29.3 Å². The molecule has 0 radical (unpaired) electrons. The predicted octanol–water partition coefficient (Wildman–Crippen LogP) is 2.33. The van der Waals surface area contributed by atoms with Crippen LogP contribution in [0.3, 0.4) is 0 Å². The molecule has 0 aliphatic carbocycles. The molecule has 0 saturated heterocycles. The minimum atomic E-state index is 0.751.